The molecule has 0 aliphatic carbocycles. The van der Waals surface area contributed by atoms with Crippen molar-refractivity contribution >= 4 is 17.3 Å². The molecule has 0 heterocycles. The topological polar surface area (TPSA) is 27.0 Å². The number of para-hydroxylation sites is 1. The minimum atomic E-state index is 0.208. The van der Waals surface area contributed by atoms with Gasteiger partial charge in [-0.2, -0.15) is 5.26 Å². The summed E-state index contributed by atoms with van der Waals surface area (Å²) in [5.41, 5.74) is 2.21. The molecule has 1 aromatic carbocycles. The van der Waals surface area contributed by atoms with E-state index in [1.54, 1.807) is 0 Å². The number of nitrogens with zero attached hydrogens (tertiary/aromatic N) is 2. The molecular weight excluding hydrogens is 208 g/mol. The molecule has 0 bridgehead atoms. The molecule has 0 fully saturated rings. The summed E-state index contributed by atoms with van der Waals surface area (Å²) in [6.45, 7) is 2.04. The maximum atomic E-state index is 8.66. The van der Waals surface area contributed by atoms with E-state index in [2.05, 4.69) is 11.0 Å². The maximum absolute atomic E-state index is 8.66. The highest BCUT2D eigenvalue weighted by molar-refractivity contribution is 6.17. The third-order valence-corrected chi connectivity index (χ3v) is 2.85. The van der Waals surface area contributed by atoms with Gasteiger partial charge >= 0.3 is 0 Å². The Balaban J connectivity index is 2.90. The lowest BCUT2D eigenvalue weighted by molar-refractivity contribution is 0.700. The Labute approximate surface area is 96.1 Å². The summed E-state index contributed by atoms with van der Waals surface area (Å²) >= 11 is 5.87. The summed E-state index contributed by atoms with van der Waals surface area (Å²) in [6, 6.07) is 10.4. The Bertz CT molecular complexity index is 357. The molecule has 15 heavy (non-hydrogen) atoms. The van der Waals surface area contributed by atoms with Gasteiger partial charge in [-0.05, 0) is 18.6 Å². The van der Waals surface area contributed by atoms with Gasteiger partial charge < -0.3 is 4.90 Å². The van der Waals surface area contributed by atoms with Gasteiger partial charge in [-0.1, -0.05) is 18.2 Å². The first kappa shape index (κ1) is 11.9. The predicted octanol–water partition coefficient (Wildman–Crippen LogP) is 3.16. The van der Waals surface area contributed by atoms with Crippen LogP contribution in [0.1, 0.15) is 18.9 Å². The molecule has 0 aromatic heterocycles. The molecule has 0 spiro atoms. The van der Waals surface area contributed by atoms with Crippen LogP contribution in [0.2, 0.25) is 0 Å². The largest absolute Gasteiger partial charge is 0.371 e. The number of halogens is 1. The van der Waals surface area contributed by atoms with Gasteiger partial charge in [-0.25, -0.2) is 0 Å². The smallest absolute Gasteiger partial charge is 0.0643 e. The molecule has 0 aliphatic rings. The number of anilines is 1. The molecule has 0 saturated heterocycles. The fraction of sp³-hybridized carbons (Fsp3) is 0.417. The highest BCUT2D eigenvalue weighted by atomic mass is 35.5. The van der Waals surface area contributed by atoms with E-state index in [4.69, 9.17) is 16.9 Å². The zero-order valence-corrected chi connectivity index (χ0v) is 9.83. The van der Waals surface area contributed by atoms with Gasteiger partial charge in [0.25, 0.3) is 0 Å². The summed E-state index contributed by atoms with van der Waals surface area (Å²) in [5, 5.41) is 8.66. The second-order valence-corrected chi connectivity index (χ2v) is 3.85. The number of hydrogen-bond acceptors (Lipinski definition) is 2. The lowest BCUT2D eigenvalue weighted by Gasteiger charge is -2.27. The van der Waals surface area contributed by atoms with Gasteiger partial charge in [0, 0.05) is 24.7 Å². The SMILES string of the molecule is CC(CC#N)N(C)c1ccccc1CCl. The zero-order valence-electron chi connectivity index (χ0n) is 9.07. The van der Waals surface area contributed by atoms with Crippen molar-refractivity contribution in [1.29, 1.82) is 5.26 Å². The summed E-state index contributed by atoms with van der Waals surface area (Å²) < 4.78 is 0. The average Bonchev–Trinajstić information content (AvgIpc) is 2.28. The van der Waals surface area contributed by atoms with Crippen LogP contribution in [0.5, 0.6) is 0 Å². The highest BCUT2D eigenvalue weighted by Gasteiger charge is 2.12. The van der Waals surface area contributed by atoms with Crippen LogP contribution in [-0.2, 0) is 5.88 Å². The Morgan fingerprint density at radius 3 is 2.73 bits per heavy atom. The van der Waals surface area contributed by atoms with Crippen LogP contribution in [0, 0.1) is 11.3 Å². The molecule has 80 valence electrons. The van der Waals surface area contributed by atoms with Crippen LogP contribution in [0.15, 0.2) is 24.3 Å². The fourth-order valence-corrected chi connectivity index (χ4v) is 1.70. The third kappa shape index (κ3) is 2.87. The predicted molar refractivity (Wildman–Crippen MR) is 64.1 cm³/mol. The number of nitriles is 1. The van der Waals surface area contributed by atoms with Gasteiger partial charge in [0.2, 0.25) is 0 Å². The van der Waals surface area contributed by atoms with Crippen molar-refractivity contribution in [2.75, 3.05) is 11.9 Å². The molecule has 2 nitrogen and oxygen atoms in total. The molecule has 0 aliphatic heterocycles. The maximum Gasteiger partial charge on any atom is 0.0643 e. The van der Waals surface area contributed by atoms with Gasteiger partial charge in [-0.15, -0.1) is 11.6 Å². The number of benzene rings is 1. The Morgan fingerprint density at radius 1 is 1.47 bits per heavy atom. The molecule has 3 heteroatoms. The van der Waals surface area contributed by atoms with Crippen LogP contribution >= 0.6 is 11.6 Å². The van der Waals surface area contributed by atoms with Gasteiger partial charge in [0.05, 0.1) is 12.5 Å². The Morgan fingerprint density at radius 2 is 2.13 bits per heavy atom. The van der Waals surface area contributed by atoms with Crippen molar-refractivity contribution in [3.63, 3.8) is 0 Å². The third-order valence-electron chi connectivity index (χ3n) is 2.56. The highest BCUT2D eigenvalue weighted by Crippen LogP contribution is 2.23. The summed E-state index contributed by atoms with van der Waals surface area (Å²) in [4.78, 5) is 2.10. The summed E-state index contributed by atoms with van der Waals surface area (Å²) in [6.07, 6.45) is 0.521. The fourth-order valence-electron chi connectivity index (χ4n) is 1.47. The number of alkyl halides is 1. The van der Waals surface area contributed by atoms with E-state index in [1.807, 2.05) is 38.2 Å². The van der Waals surface area contributed by atoms with Crippen LogP contribution in [-0.4, -0.2) is 13.1 Å². The first-order valence-electron chi connectivity index (χ1n) is 4.94. The molecule has 1 rings (SSSR count). The van der Waals surface area contributed by atoms with Crippen LogP contribution in [0.25, 0.3) is 0 Å². The number of rotatable bonds is 4. The van der Waals surface area contributed by atoms with Crippen molar-refractivity contribution in [2.24, 2.45) is 0 Å². The number of hydrogen-bond donors (Lipinski definition) is 0. The second kappa shape index (κ2) is 5.63. The van der Waals surface area contributed by atoms with Gasteiger partial charge in [0.15, 0.2) is 0 Å². The van der Waals surface area contributed by atoms with E-state index in [0.29, 0.717) is 12.3 Å². The molecular formula is C12H15ClN2. The van der Waals surface area contributed by atoms with Gasteiger partial charge in [0.1, 0.15) is 0 Å². The minimum absolute atomic E-state index is 0.208. The van der Waals surface area contributed by atoms with Crippen molar-refractivity contribution in [3.8, 4) is 6.07 Å². The molecule has 0 saturated carbocycles. The van der Waals surface area contributed by atoms with E-state index in [0.717, 1.165) is 11.3 Å². The molecule has 0 N–H and O–H groups in total. The van der Waals surface area contributed by atoms with E-state index in [-0.39, 0.29) is 6.04 Å². The molecule has 0 amide bonds. The normalized spacial score (nSPS) is 11.9. The van der Waals surface area contributed by atoms with Gasteiger partial charge in [-0.3, -0.25) is 0 Å². The minimum Gasteiger partial charge on any atom is -0.371 e. The molecule has 1 aromatic rings. The van der Waals surface area contributed by atoms with Crippen molar-refractivity contribution < 1.29 is 0 Å². The lowest BCUT2D eigenvalue weighted by atomic mass is 10.1. The van der Waals surface area contributed by atoms with Crippen molar-refractivity contribution in [2.45, 2.75) is 25.3 Å². The quantitative estimate of drug-likeness (QED) is 0.732. The van der Waals surface area contributed by atoms with Crippen LogP contribution in [0.4, 0.5) is 5.69 Å². The zero-order chi connectivity index (χ0) is 11.3. The van der Waals surface area contributed by atoms with Crippen LogP contribution < -0.4 is 4.90 Å². The molecule has 0 radical (unpaired) electrons. The first-order chi connectivity index (χ1) is 7.20. The molecule has 1 atom stereocenters. The lowest BCUT2D eigenvalue weighted by Crippen LogP contribution is -2.29. The van der Waals surface area contributed by atoms with Crippen molar-refractivity contribution in [3.05, 3.63) is 29.8 Å². The van der Waals surface area contributed by atoms with E-state index < -0.39 is 0 Å². The Kier molecular flexibility index (Phi) is 4.45. The summed E-state index contributed by atoms with van der Waals surface area (Å²) in [7, 11) is 1.99. The first-order valence-corrected chi connectivity index (χ1v) is 5.47. The van der Waals surface area contributed by atoms with E-state index in [9.17, 15) is 0 Å². The second-order valence-electron chi connectivity index (χ2n) is 3.58. The van der Waals surface area contributed by atoms with E-state index >= 15 is 0 Å². The standard InChI is InChI=1S/C12H15ClN2/c1-10(7-8-14)15(2)12-6-4-3-5-11(12)9-13/h3-6,10H,7,9H2,1-2H3. The molecule has 1 unspecified atom stereocenters. The van der Waals surface area contributed by atoms with Crippen molar-refractivity contribution in [1.82, 2.24) is 0 Å². The van der Waals surface area contributed by atoms with Crippen LogP contribution in [0.3, 0.4) is 0 Å². The monoisotopic (exact) mass is 222 g/mol. The average molecular weight is 223 g/mol. The van der Waals surface area contributed by atoms with E-state index in [1.165, 1.54) is 0 Å². The summed E-state index contributed by atoms with van der Waals surface area (Å²) in [5.74, 6) is 0.500. The Hall–Kier alpha value is -1.20.